The molecule has 3 heterocycles. The fraction of sp³-hybridized carbons (Fsp3) is 0.105. The van der Waals surface area contributed by atoms with Crippen molar-refractivity contribution in [2.45, 2.75) is 13.5 Å². The summed E-state index contributed by atoms with van der Waals surface area (Å²) >= 11 is 1.19. The molecule has 0 saturated carbocycles. The van der Waals surface area contributed by atoms with E-state index in [4.69, 9.17) is 4.74 Å². The topological polar surface area (TPSA) is 104 Å². The van der Waals surface area contributed by atoms with E-state index in [0.29, 0.717) is 21.6 Å². The number of esters is 1. The van der Waals surface area contributed by atoms with Gasteiger partial charge in [0.25, 0.3) is 11.2 Å². The molecule has 0 atom stereocenters. The summed E-state index contributed by atoms with van der Waals surface area (Å²) in [6.45, 7) is 1.70. The van der Waals surface area contributed by atoms with Crippen molar-refractivity contribution in [3.63, 3.8) is 0 Å². The Kier molecular flexibility index (Phi) is 4.36. The molecule has 3 aromatic heterocycles. The minimum absolute atomic E-state index is 0.0403. The number of thiophene rings is 1. The number of nitro benzene ring substituents is 1. The molecule has 0 fully saturated rings. The molecule has 0 radical (unpaired) electrons. The molecule has 140 valence electrons. The van der Waals surface area contributed by atoms with Gasteiger partial charge in [-0.3, -0.25) is 19.3 Å². The minimum Gasteiger partial charge on any atom is -0.455 e. The van der Waals surface area contributed by atoms with Crippen LogP contribution in [0.3, 0.4) is 0 Å². The number of aromatic nitrogens is 2. The maximum absolute atomic E-state index is 12.4. The van der Waals surface area contributed by atoms with E-state index in [0.717, 1.165) is 10.3 Å². The molecule has 0 aliphatic carbocycles. The summed E-state index contributed by atoms with van der Waals surface area (Å²) < 4.78 is 7.47. The monoisotopic (exact) mass is 395 g/mol. The SMILES string of the molecule is Cc1cccn2c(=O)cc(COC(=O)c3cc4cc([N+](=O)[O-])ccc4s3)nc12. The average molecular weight is 395 g/mol. The van der Waals surface area contributed by atoms with Crippen molar-refractivity contribution in [1.29, 1.82) is 0 Å². The predicted octanol–water partition coefficient (Wildman–Crippen LogP) is 3.48. The highest BCUT2D eigenvalue weighted by atomic mass is 32.1. The maximum Gasteiger partial charge on any atom is 0.348 e. The molecule has 4 aromatic rings. The molecular weight excluding hydrogens is 382 g/mol. The zero-order valence-corrected chi connectivity index (χ0v) is 15.4. The van der Waals surface area contributed by atoms with Crippen LogP contribution in [0.1, 0.15) is 20.9 Å². The Labute approximate surface area is 161 Å². The molecule has 0 aliphatic rings. The number of fused-ring (bicyclic) bond motifs is 2. The van der Waals surface area contributed by atoms with Gasteiger partial charge in [0, 0.05) is 34.5 Å². The lowest BCUT2D eigenvalue weighted by Crippen LogP contribution is -2.17. The number of nitrogens with zero attached hydrogens (tertiary/aromatic N) is 3. The molecule has 1 aromatic carbocycles. The van der Waals surface area contributed by atoms with Gasteiger partial charge in [0.2, 0.25) is 0 Å². The second kappa shape index (κ2) is 6.86. The molecule has 0 N–H and O–H groups in total. The fourth-order valence-electron chi connectivity index (χ4n) is 2.84. The third-order valence-corrected chi connectivity index (χ3v) is 5.30. The molecular formula is C19H13N3O5S. The molecule has 8 nitrogen and oxygen atoms in total. The Balaban J connectivity index is 1.57. The smallest absolute Gasteiger partial charge is 0.348 e. The summed E-state index contributed by atoms with van der Waals surface area (Å²) in [6, 6.07) is 10.9. The molecule has 28 heavy (non-hydrogen) atoms. The first-order valence-corrected chi connectivity index (χ1v) is 9.07. The Morgan fingerprint density at radius 2 is 2.11 bits per heavy atom. The fourth-order valence-corrected chi connectivity index (χ4v) is 3.78. The van der Waals surface area contributed by atoms with Gasteiger partial charge in [0.15, 0.2) is 0 Å². The summed E-state index contributed by atoms with van der Waals surface area (Å²) in [5, 5.41) is 11.5. The van der Waals surface area contributed by atoms with Gasteiger partial charge in [-0.25, -0.2) is 9.78 Å². The molecule has 0 saturated heterocycles. The molecule has 0 unspecified atom stereocenters. The summed E-state index contributed by atoms with van der Waals surface area (Å²) in [5.41, 5.74) is 1.40. The summed E-state index contributed by atoms with van der Waals surface area (Å²) in [7, 11) is 0. The third kappa shape index (κ3) is 3.23. The van der Waals surface area contributed by atoms with Gasteiger partial charge < -0.3 is 4.74 Å². The lowest BCUT2D eigenvalue weighted by molar-refractivity contribution is -0.384. The standard InChI is InChI=1S/C19H13N3O5S/c1-11-3-2-6-21-17(23)9-13(20-18(11)21)10-27-19(24)16-8-12-7-14(22(25)26)4-5-15(12)28-16/h2-9H,10H2,1H3. The van der Waals surface area contributed by atoms with Crippen molar-refractivity contribution >= 4 is 38.7 Å². The number of non-ortho nitro benzene ring substituents is 1. The van der Waals surface area contributed by atoms with E-state index in [-0.39, 0.29) is 17.9 Å². The normalized spacial score (nSPS) is 11.0. The first-order valence-electron chi connectivity index (χ1n) is 8.25. The van der Waals surface area contributed by atoms with E-state index in [2.05, 4.69) is 4.98 Å². The number of carbonyl (C=O) groups is 1. The maximum atomic E-state index is 12.4. The number of nitro groups is 1. The van der Waals surface area contributed by atoms with Crippen LogP contribution in [0, 0.1) is 17.0 Å². The number of rotatable bonds is 4. The predicted molar refractivity (Wildman–Crippen MR) is 104 cm³/mol. The van der Waals surface area contributed by atoms with Gasteiger partial charge in [-0.05, 0) is 30.7 Å². The van der Waals surface area contributed by atoms with E-state index >= 15 is 0 Å². The van der Waals surface area contributed by atoms with Crippen molar-refractivity contribution in [2.24, 2.45) is 0 Å². The number of pyridine rings is 1. The lowest BCUT2D eigenvalue weighted by atomic mass is 10.2. The summed E-state index contributed by atoms with van der Waals surface area (Å²) in [5.74, 6) is -0.573. The molecule has 9 heteroatoms. The number of carbonyl (C=O) groups excluding carboxylic acids is 1. The third-order valence-electron chi connectivity index (χ3n) is 4.20. The largest absolute Gasteiger partial charge is 0.455 e. The van der Waals surface area contributed by atoms with E-state index in [9.17, 15) is 19.7 Å². The zero-order chi connectivity index (χ0) is 19.8. The van der Waals surface area contributed by atoms with Crippen molar-refractivity contribution in [3.05, 3.63) is 85.3 Å². The van der Waals surface area contributed by atoms with Crippen LogP contribution in [-0.4, -0.2) is 20.3 Å². The number of benzene rings is 1. The van der Waals surface area contributed by atoms with Crippen molar-refractivity contribution in [2.75, 3.05) is 0 Å². The van der Waals surface area contributed by atoms with E-state index in [1.807, 2.05) is 13.0 Å². The van der Waals surface area contributed by atoms with Crippen LogP contribution in [0.4, 0.5) is 5.69 Å². The Hall–Kier alpha value is -3.59. The van der Waals surface area contributed by atoms with Crippen LogP contribution in [0.15, 0.2) is 53.5 Å². The van der Waals surface area contributed by atoms with Crippen molar-refractivity contribution in [3.8, 4) is 0 Å². The number of aryl methyl sites for hydroxylation is 1. The average Bonchev–Trinajstić information content (AvgIpc) is 3.10. The van der Waals surface area contributed by atoms with Gasteiger partial charge in [-0.15, -0.1) is 11.3 Å². The van der Waals surface area contributed by atoms with Crippen LogP contribution in [0.5, 0.6) is 0 Å². The van der Waals surface area contributed by atoms with Crippen LogP contribution >= 0.6 is 11.3 Å². The highest BCUT2D eigenvalue weighted by molar-refractivity contribution is 7.20. The van der Waals surface area contributed by atoms with E-state index in [1.54, 1.807) is 24.4 Å². The van der Waals surface area contributed by atoms with Crippen molar-refractivity contribution in [1.82, 2.24) is 9.38 Å². The molecule has 0 spiro atoms. The molecule has 0 amide bonds. The van der Waals surface area contributed by atoms with Crippen LogP contribution in [0.2, 0.25) is 0 Å². The molecule has 4 rings (SSSR count). The molecule has 0 bridgehead atoms. The first kappa shape index (κ1) is 17.8. The summed E-state index contributed by atoms with van der Waals surface area (Å²) in [4.78, 5) is 39.7. The zero-order valence-electron chi connectivity index (χ0n) is 14.6. The Morgan fingerprint density at radius 1 is 1.29 bits per heavy atom. The first-order chi connectivity index (χ1) is 13.4. The van der Waals surface area contributed by atoms with Gasteiger partial charge in [-0.1, -0.05) is 6.07 Å². The quantitative estimate of drug-likeness (QED) is 0.298. The van der Waals surface area contributed by atoms with Gasteiger partial charge in [0.05, 0.1) is 10.6 Å². The van der Waals surface area contributed by atoms with E-state index < -0.39 is 10.9 Å². The second-order valence-electron chi connectivity index (χ2n) is 6.14. The van der Waals surface area contributed by atoms with E-state index in [1.165, 1.54) is 33.9 Å². The van der Waals surface area contributed by atoms with Crippen LogP contribution in [-0.2, 0) is 11.3 Å². The number of ether oxygens (including phenoxy) is 1. The van der Waals surface area contributed by atoms with Crippen LogP contribution in [0.25, 0.3) is 15.7 Å². The number of hydrogen-bond acceptors (Lipinski definition) is 7. The second-order valence-corrected chi connectivity index (χ2v) is 7.22. The number of hydrogen-bond donors (Lipinski definition) is 0. The minimum atomic E-state index is -0.573. The van der Waals surface area contributed by atoms with Crippen molar-refractivity contribution < 1.29 is 14.5 Å². The van der Waals surface area contributed by atoms with Crippen LogP contribution < -0.4 is 5.56 Å². The summed E-state index contributed by atoms with van der Waals surface area (Å²) in [6.07, 6.45) is 1.63. The Morgan fingerprint density at radius 3 is 2.89 bits per heavy atom. The molecule has 0 aliphatic heterocycles. The Bertz CT molecular complexity index is 1310. The van der Waals surface area contributed by atoms with Gasteiger partial charge >= 0.3 is 5.97 Å². The highest BCUT2D eigenvalue weighted by Gasteiger charge is 2.15. The van der Waals surface area contributed by atoms with Gasteiger partial charge in [0.1, 0.15) is 17.1 Å². The van der Waals surface area contributed by atoms with Gasteiger partial charge in [-0.2, -0.15) is 0 Å². The highest BCUT2D eigenvalue weighted by Crippen LogP contribution is 2.29. The lowest BCUT2D eigenvalue weighted by Gasteiger charge is -2.06.